The molecule has 0 saturated heterocycles. The van der Waals surface area contributed by atoms with Gasteiger partial charge in [0.1, 0.15) is 5.75 Å². The summed E-state index contributed by atoms with van der Waals surface area (Å²) in [6.07, 6.45) is 6.88. The summed E-state index contributed by atoms with van der Waals surface area (Å²) in [5.74, 6) is 2.20. The molecule has 0 aliphatic carbocycles. The number of nitrogens with one attached hydrogen (secondary N) is 2. The summed E-state index contributed by atoms with van der Waals surface area (Å²) in [4.78, 5) is 6.66. The van der Waals surface area contributed by atoms with Crippen LogP contribution in [0.4, 0.5) is 0 Å². The molecule has 0 amide bonds. The number of methoxy groups -OCH3 is 4. The SMILES string of the molecule is COc1c(OC)c(-c2c[nH]c3ccc(CC=C(C)C)cc23)c(OC)c(OC)c1-c1c[nH]c2ccc(O)cc12. The van der Waals surface area contributed by atoms with Crippen LogP contribution in [0, 0.1) is 0 Å². The molecule has 0 saturated carbocycles. The molecule has 5 aromatic rings. The van der Waals surface area contributed by atoms with Crippen LogP contribution in [-0.4, -0.2) is 43.5 Å². The molecule has 38 heavy (non-hydrogen) atoms. The van der Waals surface area contributed by atoms with E-state index in [1.165, 1.54) is 11.1 Å². The number of hydrogen-bond acceptors (Lipinski definition) is 5. The first kappa shape index (κ1) is 25.1. The van der Waals surface area contributed by atoms with Crippen molar-refractivity contribution in [2.24, 2.45) is 0 Å². The topological polar surface area (TPSA) is 88.7 Å². The van der Waals surface area contributed by atoms with Crippen molar-refractivity contribution in [3.63, 3.8) is 0 Å². The third-order valence-electron chi connectivity index (χ3n) is 6.83. The lowest BCUT2D eigenvalue weighted by atomic mass is 9.94. The van der Waals surface area contributed by atoms with Crippen molar-refractivity contribution in [3.8, 4) is 51.0 Å². The lowest BCUT2D eigenvalue weighted by Gasteiger charge is -2.23. The summed E-state index contributed by atoms with van der Waals surface area (Å²) in [5, 5.41) is 12.1. The number of phenols is 1. The molecule has 3 aromatic carbocycles. The predicted octanol–water partition coefficient (Wildman–Crippen LogP) is 7.23. The van der Waals surface area contributed by atoms with E-state index in [0.717, 1.165) is 44.9 Å². The maximum absolute atomic E-state index is 10.2. The molecule has 0 radical (unpaired) electrons. The molecule has 196 valence electrons. The number of ether oxygens (including phenoxy) is 4. The van der Waals surface area contributed by atoms with Crippen LogP contribution in [-0.2, 0) is 6.42 Å². The van der Waals surface area contributed by atoms with Gasteiger partial charge in [0, 0.05) is 45.3 Å². The summed E-state index contributed by atoms with van der Waals surface area (Å²) in [6.45, 7) is 4.20. The molecule has 0 atom stereocenters. The fourth-order valence-electron chi connectivity index (χ4n) is 5.07. The van der Waals surface area contributed by atoms with E-state index in [4.69, 9.17) is 18.9 Å². The van der Waals surface area contributed by atoms with Gasteiger partial charge in [0.25, 0.3) is 0 Å². The smallest absolute Gasteiger partial charge is 0.173 e. The van der Waals surface area contributed by atoms with Crippen LogP contribution in [0.5, 0.6) is 28.7 Å². The highest BCUT2D eigenvalue weighted by Gasteiger charge is 2.31. The van der Waals surface area contributed by atoms with Crippen LogP contribution >= 0.6 is 0 Å². The Morgan fingerprint density at radius 1 is 0.711 bits per heavy atom. The molecule has 0 aliphatic heterocycles. The van der Waals surface area contributed by atoms with Crippen molar-refractivity contribution >= 4 is 21.8 Å². The van der Waals surface area contributed by atoms with E-state index in [1.54, 1.807) is 40.6 Å². The molecule has 0 spiro atoms. The minimum Gasteiger partial charge on any atom is -0.508 e. The lowest BCUT2D eigenvalue weighted by Crippen LogP contribution is -2.02. The Morgan fingerprint density at radius 2 is 1.18 bits per heavy atom. The number of aromatic nitrogens is 2. The monoisotopic (exact) mass is 512 g/mol. The Morgan fingerprint density at radius 3 is 1.66 bits per heavy atom. The van der Waals surface area contributed by atoms with Crippen LogP contribution in [0.2, 0.25) is 0 Å². The van der Waals surface area contributed by atoms with Gasteiger partial charge in [-0.3, -0.25) is 0 Å². The fourth-order valence-corrected chi connectivity index (χ4v) is 5.07. The first-order chi connectivity index (χ1) is 18.4. The molecule has 0 unspecified atom stereocenters. The van der Waals surface area contributed by atoms with Crippen molar-refractivity contribution in [3.05, 3.63) is 66.0 Å². The first-order valence-corrected chi connectivity index (χ1v) is 12.4. The van der Waals surface area contributed by atoms with Gasteiger partial charge in [-0.25, -0.2) is 0 Å². The van der Waals surface area contributed by atoms with E-state index in [2.05, 4.69) is 48.1 Å². The molecule has 0 aliphatic rings. The van der Waals surface area contributed by atoms with Gasteiger partial charge >= 0.3 is 0 Å². The van der Waals surface area contributed by atoms with Gasteiger partial charge in [0.05, 0.1) is 39.6 Å². The largest absolute Gasteiger partial charge is 0.508 e. The van der Waals surface area contributed by atoms with E-state index in [0.29, 0.717) is 28.6 Å². The second-order valence-electron chi connectivity index (χ2n) is 9.38. The number of allylic oxidation sites excluding steroid dienone is 2. The van der Waals surface area contributed by atoms with E-state index in [-0.39, 0.29) is 5.75 Å². The zero-order chi connectivity index (χ0) is 27.0. The highest BCUT2D eigenvalue weighted by Crippen LogP contribution is 2.58. The first-order valence-electron chi connectivity index (χ1n) is 12.4. The highest BCUT2D eigenvalue weighted by atomic mass is 16.5. The zero-order valence-electron chi connectivity index (χ0n) is 22.5. The number of rotatable bonds is 8. The van der Waals surface area contributed by atoms with E-state index >= 15 is 0 Å². The maximum atomic E-state index is 10.2. The predicted molar refractivity (Wildman–Crippen MR) is 152 cm³/mol. The second kappa shape index (κ2) is 10.1. The summed E-state index contributed by atoms with van der Waals surface area (Å²) < 4.78 is 24.0. The van der Waals surface area contributed by atoms with E-state index < -0.39 is 0 Å². The van der Waals surface area contributed by atoms with Gasteiger partial charge in [0.15, 0.2) is 23.0 Å². The third kappa shape index (κ3) is 4.10. The Bertz CT molecular complexity index is 1640. The maximum Gasteiger partial charge on any atom is 0.173 e. The number of hydrogen-bond donors (Lipinski definition) is 3. The number of benzene rings is 3. The average molecular weight is 513 g/mol. The molecule has 7 heteroatoms. The molecular formula is C31H32N2O5. The molecule has 2 heterocycles. The Labute approximate surface area is 221 Å². The van der Waals surface area contributed by atoms with Gasteiger partial charge in [0.2, 0.25) is 0 Å². The number of fused-ring (bicyclic) bond motifs is 2. The molecule has 5 rings (SSSR count). The standard InChI is InChI=1S/C31H32N2O5/c1-17(2)7-8-18-9-11-24-20(13-18)22(15-32-24)26-28(35-3)30(37-5)27(31(38-6)29(26)36-4)23-16-33-25-12-10-19(34)14-21(23)25/h7,9-16,32-34H,8H2,1-6H3. The minimum atomic E-state index is 0.162. The molecule has 2 aromatic heterocycles. The molecule has 3 N–H and O–H groups in total. The van der Waals surface area contributed by atoms with Crippen molar-refractivity contribution in [1.29, 1.82) is 0 Å². The average Bonchev–Trinajstić information content (AvgIpc) is 3.53. The van der Waals surface area contributed by atoms with Crippen LogP contribution in [0.1, 0.15) is 19.4 Å². The Kier molecular flexibility index (Phi) is 6.68. The molecular weight excluding hydrogens is 480 g/mol. The minimum absolute atomic E-state index is 0.162. The molecule has 0 fully saturated rings. The summed E-state index contributed by atoms with van der Waals surface area (Å²) in [6, 6.07) is 11.6. The number of phenolic OH excluding ortho intramolecular Hbond substituents is 1. The summed E-state index contributed by atoms with van der Waals surface area (Å²) >= 11 is 0. The highest BCUT2D eigenvalue weighted by molar-refractivity contribution is 6.06. The van der Waals surface area contributed by atoms with Gasteiger partial charge in [-0.2, -0.15) is 0 Å². The molecule has 0 bridgehead atoms. The van der Waals surface area contributed by atoms with E-state index in [9.17, 15) is 5.11 Å². The van der Waals surface area contributed by atoms with Gasteiger partial charge < -0.3 is 34.0 Å². The van der Waals surface area contributed by atoms with Crippen LogP contribution in [0.15, 0.2) is 60.4 Å². The summed E-state index contributed by atoms with van der Waals surface area (Å²) in [5.41, 5.74) is 7.42. The third-order valence-corrected chi connectivity index (χ3v) is 6.83. The zero-order valence-corrected chi connectivity index (χ0v) is 22.5. The van der Waals surface area contributed by atoms with Gasteiger partial charge in [-0.1, -0.05) is 17.7 Å². The van der Waals surface area contributed by atoms with Crippen molar-refractivity contribution in [2.45, 2.75) is 20.3 Å². The normalized spacial score (nSPS) is 11.1. The number of aromatic hydroxyl groups is 1. The summed E-state index contributed by atoms with van der Waals surface area (Å²) in [7, 11) is 6.45. The Hall–Kier alpha value is -4.52. The van der Waals surface area contributed by atoms with Gasteiger partial charge in [-0.15, -0.1) is 0 Å². The fraction of sp³-hybridized carbons (Fsp3) is 0.226. The number of aromatic amines is 2. The van der Waals surface area contributed by atoms with E-state index in [1.807, 2.05) is 18.5 Å². The van der Waals surface area contributed by atoms with Crippen molar-refractivity contribution < 1.29 is 24.1 Å². The lowest BCUT2D eigenvalue weighted by molar-refractivity contribution is 0.333. The molecule has 7 nitrogen and oxygen atoms in total. The van der Waals surface area contributed by atoms with Gasteiger partial charge in [-0.05, 0) is 56.2 Å². The number of H-pyrrole nitrogens is 2. The van der Waals surface area contributed by atoms with Crippen molar-refractivity contribution in [2.75, 3.05) is 28.4 Å². The van der Waals surface area contributed by atoms with Crippen LogP contribution in [0.25, 0.3) is 44.1 Å². The Balaban J connectivity index is 1.84. The quantitative estimate of drug-likeness (QED) is 0.191. The second-order valence-corrected chi connectivity index (χ2v) is 9.38. The van der Waals surface area contributed by atoms with Crippen LogP contribution < -0.4 is 18.9 Å². The van der Waals surface area contributed by atoms with Crippen LogP contribution in [0.3, 0.4) is 0 Å². The van der Waals surface area contributed by atoms with Crippen molar-refractivity contribution in [1.82, 2.24) is 9.97 Å².